The molecule has 0 unspecified atom stereocenters. The number of benzene rings is 2. The van der Waals surface area contributed by atoms with Crippen LogP contribution in [0.1, 0.15) is 32.2 Å². The summed E-state index contributed by atoms with van der Waals surface area (Å²) in [5.74, 6) is 0.431. The Bertz CT molecular complexity index is 1200. The van der Waals surface area contributed by atoms with Crippen LogP contribution in [0.3, 0.4) is 0 Å². The van der Waals surface area contributed by atoms with Gasteiger partial charge in [0, 0.05) is 6.20 Å². The Morgan fingerprint density at radius 3 is 2.56 bits per heavy atom. The van der Waals surface area contributed by atoms with E-state index in [1.165, 1.54) is 7.11 Å². The van der Waals surface area contributed by atoms with E-state index >= 15 is 0 Å². The van der Waals surface area contributed by atoms with E-state index in [1.54, 1.807) is 53.5 Å². The number of hydrogen-bond acceptors (Lipinski definition) is 6. The second-order valence-electron chi connectivity index (χ2n) is 6.94. The zero-order chi connectivity index (χ0) is 22.3. The topological polar surface area (TPSA) is 95.6 Å². The van der Waals surface area contributed by atoms with E-state index in [4.69, 9.17) is 9.15 Å². The fraction of sp³-hybridized carbons (Fsp3) is 0.125. The summed E-state index contributed by atoms with van der Waals surface area (Å²) in [5, 5.41) is 7.04. The summed E-state index contributed by atoms with van der Waals surface area (Å²) < 4.78 is 17.6. The van der Waals surface area contributed by atoms with Gasteiger partial charge in [-0.3, -0.25) is 9.48 Å². The third kappa shape index (κ3) is 5.23. The fourth-order valence-electron chi connectivity index (χ4n) is 3.01. The van der Waals surface area contributed by atoms with E-state index in [-0.39, 0.29) is 18.3 Å². The molecule has 4 aromatic rings. The van der Waals surface area contributed by atoms with Gasteiger partial charge in [-0.15, -0.1) is 0 Å². The maximum atomic E-state index is 12.5. The molecule has 0 aliphatic carbocycles. The largest absolute Gasteiger partial charge is 0.486 e. The molecule has 0 spiro atoms. The van der Waals surface area contributed by atoms with E-state index in [1.807, 2.05) is 30.3 Å². The number of hydrogen-bond donors (Lipinski definition) is 1. The number of rotatable bonds is 8. The number of esters is 1. The van der Waals surface area contributed by atoms with Crippen LogP contribution in [-0.2, 0) is 17.9 Å². The van der Waals surface area contributed by atoms with Gasteiger partial charge in [0.25, 0.3) is 5.91 Å². The SMILES string of the molecule is COC(=O)c1ccc(OCc2ccc(C(=O)Nc3cnn(Cc4ccccc4)c3)o2)cc1. The quantitative estimate of drug-likeness (QED) is 0.421. The zero-order valence-electron chi connectivity index (χ0n) is 17.4. The van der Waals surface area contributed by atoms with Gasteiger partial charge >= 0.3 is 5.97 Å². The number of methoxy groups -OCH3 is 1. The van der Waals surface area contributed by atoms with Crippen molar-refractivity contribution in [2.45, 2.75) is 13.2 Å². The molecule has 2 aromatic carbocycles. The first-order valence-corrected chi connectivity index (χ1v) is 9.88. The number of furan rings is 1. The van der Waals surface area contributed by atoms with Crippen LogP contribution in [0.2, 0.25) is 0 Å². The Hall–Kier alpha value is -4.33. The molecule has 1 amide bonds. The number of ether oxygens (including phenoxy) is 2. The van der Waals surface area contributed by atoms with Crippen molar-refractivity contribution in [3.8, 4) is 5.75 Å². The Kier molecular flexibility index (Phi) is 6.31. The highest BCUT2D eigenvalue weighted by molar-refractivity contribution is 6.02. The predicted molar refractivity (Wildman–Crippen MR) is 117 cm³/mol. The summed E-state index contributed by atoms with van der Waals surface area (Å²) in [7, 11) is 1.33. The lowest BCUT2D eigenvalue weighted by molar-refractivity contribution is 0.0600. The van der Waals surface area contributed by atoms with E-state index < -0.39 is 5.97 Å². The van der Waals surface area contributed by atoms with Crippen molar-refractivity contribution in [3.63, 3.8) is 0 Å². The maximum Gasteiger partial charge on any atom is 0.337 e. The van der Waals surface area contributed by atoms with Crippen LogP contribution in [0.25, 0.3) is 0 Å². The van der Waals surface area contributed by atoms with Crippen molar-refractivity contribution in [1.82, 2.24) is 9.78 Å². The van der Waals surface area contributed by atoms with E-state index in [0.717, 1.165) is 5.56 Å². The average Bonchev–Trinajstić information content (AvgIpc) is 3.48. The van der Waals surface area contributed by atoms with Gasteiger partial charge in [0.15, 0.2) is 5.76 Å². The predicted octanol–water partition coefficient (Wildman–Crippen LogP) is 4.14. The van der Waals surface area contributed by atoms with Crippen LogP contribution in [0.4, 0.5) is 5.69 Å². The molecule has 8 nitrogen and oxygen atoms in total. The molecule has 0 atom stereocenters. The molecule has 0 fully saturated rings. The second kappa shape index (κ2) is 9.65. The molecule has 0 saturated heterocycles. The standard InChI is InChI=1S/C24H21N3O5/c1-30-24(29)18-7-9-20(10-8-18)31-16-21-11-12-22(32-21)23(28)26-19-13-25-27(15-19)14-17-5-3-2-4-6-17/h2-13,15H,14,16H2,1H3,(H,26,28). The van der Waals surface area contributed by atoms with Crippen molar-refractivity contribution in [2.75, 3.05) is 12.4 Å². The van der Waals surface area contributed by atoms with Crippen LogP contribution in [0, 0.1) is 0 Å². The highest BCUT2D eigenvalue weighted by Gasteiger charge is 2.13. The van der Waals surface area contributed by atoms with Gasteiger partial charge < -0.3 is 19.2 Å². The minimum absolute atomic E-state index is 0.139. The summed E-state index contributed by atoms with van der Waals surface area (Å²) >= 11 is 0. The highest BCUT2D eigenvalue weighted by atomic mass is 16.5. The van der Waals surface area contributed by atoms with Gasteiger partial charge in [0.05, 0.1) is 31.1 Å². The highest BCUT2D eigenvalue weighted by Crippen LogP contribution is 2.17. The first-order valence-electron chi connectivity index (χ1n) is 9.88. The Morgan fingerprint density at radius 1 is 1.03 bits per heavy atom. The molecule has 0 aliphatic heterocycles. The molecule has 0 radical (unpaired) electrons. The lowest BCUT2D eigenvalue weighted by Crippen LogP contribution is -2.10. The van der Waals surface area contributed by atoms with E-state index in [9.17, 15) is 9.59 Å². The van der Waals surface area contributed by atoms with E-state index in [2.05, 4.69) is 15.2 Å². The minimum Gasteiger partial charge on any atom is -0.486 e. The van der Waals surface area contributed by atoms with Crippen LogP contribution < -0.4 is 10.1 Å². The normalized spacial score (nSPS) is 10.5. The molecular formula is C24H21N3O5. The van der Waals surface area contributed by atoms with Crippen LogP contribution >= 0.6 is 0 Å². The minimum atomic E-state index is -0.413. The molecule has 4 rings (SSSR count). The van der Waals surface area contributed by atoms with Gasteiger partial charge in [-0.25, -0.2) is 4.79 Å². The van der Waals surface area contributed by atoms with Gasteiger partial charge in [0.1, 0.15) is 18.1 Å². The third-order valence-corrected chi connectivity index (χ3v) is 4.62. The molecule has 0 saturated carbocycles. The molecule has 0 aliphatic rings. The number of aromatic nitrogens is 2. The number of anilines is 1. The number of carbonyl (C=O) groups excluding carboxylic acids is 2. The Morgan fingerprint density at radius 2 is 1.81 bits per heavy atom. The number of nitrogens with zero attached hydrogens (tertiary/aromatic N) is 2. The lowest BCUT2D eigenvalue weighted by Gasteiger charge is -2.05. The van der Waals surface area contributed by atoms with Crippen molar-refractivity contribution in [1.29, 1.82) is 0 Å². The maximum absolute atomic E-state index is 12.5. The smallest absolute Gasteiger partial charge is 0.337 e. The molecule has 1 N–H and O–H groups in total. The summed E-state index contributed by atoms with van der Waals surface area (Å²) in [5.41, 5.74) is 2.12. The third-order valence-electron chi connectivity index (χ3n) is 4.62. The first-order chi connectivity index (χ1) is 15.6. The summed E-state index contributed by atoms with van der Waals surface area (Å²) in [6.07, 6.45) is 3.35. The number of carbonyl (C=O) groups is 2. The summed E-state index contributed by atoms with van der Waals surface area (Å²) in [6.45, 7) is 0.749. The van der Waals surface area contributed by atoms with Crippen LogP contribution in [-0.4, -0.2) is 28.8 Å². The van der Waals surface area contributed by atoms with Crippen LogP contribution in [0.15, 0.2) is 83.5 Å². The summed E-state index contributed by atoms with van der Waals surface area (Å²) in [4.78, 5) is 23.9. The van der Waals surface area contributed by atoms with Gasteiger partial charge in [0.2, 0.25) is 0 Å². The molecule has 162 valence electrons. The van der Waals surface area contributed by atoms with Gasteiger partial charge in [-0.05, 0) is 42.0 Å². The van der Waals surface area contributed by atoms with E-state index in [0.29, 0.717) is 29.3 Å². The Labute approximate surface area is 184 Å². The summed E-state index contributed by atoms with van der Waals surface area (Å²) in [6, 6.07) is 19.7. The number of amides is 1. The molecule has 32 heavy (non-hydrogen) atoms. The molecular weight excluding hydrogens is 410 g/mol. The molecule has 0 bridgehead atoms. The number of nitrogens with one attached hydrogen (secondary N) is 1. The van der Waals surface area contributed by atoms with Crippen molar-refractivity contribution in [2.24, 2.45) is 0 Å². The van der Waals surface area contributed by atoms with Gasteiger partial charge in [-0.2, -0.15) is 5.10 Å². The van der Waals surface area contributed by atoms with Crippen molar-refractivity contribution < 1.29 is 23.5 Å². The lowest BCUT2D eigenvalue weighted by atomic mass is 10.2. The van der Waals surface area contributed by atoms with Crippen molar-refractivity contribution >= 4 is 17.6 Å². The molecule has 2 heterocycles. The Balaban J connectivity index is 1.30. The van der Waals surface area contributed by atoms with Crippen molar-refractivity contribution in [3.05, 3.63) is 102 Å². The molecule has 8 heteroatoms. The second-order valence-corrected chi connectivity index (χ2v) is 6.94. The van der Waals surface area contributed by atoms with Crippen LogP contribution in [0.5, 0.6) is 5.75 Å². The fourth-order valence-corrected chi connectivity index (χ4v) is 3.01. The molecule has 2 aromatic heterocycles. The van der Waals surface area contributed by atoms with Gasteiger partial charge in [-0.1, -0.05) is 30.3 Å². The average molecular weight is 431 g/mol. The monoisotopic (exact) mass is 431 g/mol. The first kappa shape index (κ1) is 20.9. The zero-order valence-corrected chi connectivity index (χ0v) is 17.4.